The number of furan rings is 1. The van der Waals surface area contributed by atoms with Crippen LogP contribution in [0.15, 0.2) is 58.2 Å². The summed E-state index contributed by atoms with van der Waals surface area (Å²) in [6.07, 6.45) is 2.66. The maximum atomic E-state index is 14.0. The number of ether oxygens (including phenoxy) is 1. The summed E-state index contributed by atoms with van der Waals surface area (Å²) in [4.78, 5) is 9.95. The number of nitrogens with zero attached hydrogens (tertiary/aromatic N) is 4. The molecule has 0 radical (unpaired) electrons. The normalized spacial score (nSPS) is 14.6. The average molecular weight is 367 g/mol. The molecule has 1 N–H and O–H groups in total. The Hall–Kier alpha value is -3.26. The van der Waals surface area contributed by atoms with Crippen LogP contribution in [0.25, 0.3) is 11.3 Å². The highest BCUT2D eigenvalue weighted by molar-refractivity contribution is 5.77. The van der Waals surface area contributed by atoms with E-state index in [0.717, 1.165) is 17.5 Å². The highest BCUT2D eigenvalue weighted by Gasteiger charge is 2.17. The van der Waals surface area contributed by atoms with E-state index in [1.807, 2.05) is 47.4 Å². The zero-order valence-electron chi connectivity index (χ0n) is 14.5. The third-order valence-electron chi connectivity index (χ3n) is 4.08. The number of hydrazone groups is 1. The molecule has 0 spiro atoms. The van der Waals surface area contributed by atoms with Crippen LogP contribution < -0.4 is 10.3 Å². The molecule has 1 aromatic carbocycles. The van der Waals surface area contributed by atoms with Gasteiger partial charge in [-0.15, -0.1) is 0 Å². The summed E-state index contributed by atoms with van der Waals surface area (Å²) in [6, 6.07) is 13.5. The number of anilines is 2. The summed E-state index contributed by atoms with van der Waals surface area (Å²) in [6.45, 7) is 2.27. The lowest BCUT2D eigenvalue weighted by molar-refractivity contribution is 0.122. The lowest BCUT2D eigenvalue weighted by Crippen LogP contribution is -2.37. The van der Waals surface area contributed by atoms with Crippen LogP contribution in [0.3, 0.4) is 0 Å². The van der Waals surface area contributed by atoms with Crippen LogP contribution >= 0.6 is 0 Å². The van der Waals surface area contributed by atoms with Crippen LogP contribution in [0.2, 0.25) is 0 Å². The molecule has 0 aliphatic carbocycles. The van der Waals surface area contributed by atoms with E-state index in [-0.39, 0.29) is 11.8 Å². The molecule has 0 amide bonds. The molecule has 1 saturated heterocycles. The standard InChI is InChI=1S/C19H18FN5O2/c20-16-13-21-19(23-18(16)25-8-10-26-11-9-25)24-22-12-15-6-7-17(27-15)14-4-2-1-3-5-14/h1-7,12-13H,8-11H2,(H,21,23,24)/b22-12-. The van der Waals surface area contributed by atoms with Crippen molar-refractivity contribution >= 4 is 18.0 Å². The smallest absolute Gasteiger partial charge is 0.245 e. The second-order valence-corrected chi connectivity index (χ2v) is 5.90. The molecule has 1 aliphatic heterocycles. The largest absolute Gasteiger partial charge is 0.455 e. The molecule has 2 aromatic heterocycles. The first-order valence-corrected chi connectivity index (χ1v) is 8.59. The van der Waals surface area contributed by atoms with Gasteiger partial charge < -0.3 is 14.1 Å². The minimum absolute atomic E-state index is 0.212. The Morgan fingerprint density at radius 3 is 2.74 bits per heavy atom. The summed E-state index contributed by atoms with van der Waals surface area (Å²) in [5.41, 5.74) is 3.70. The molecule has 0 atom stereocenters. The van der Waals surface area contributed by atoms with E-state index in [1.54, 1.807) is 0 Å². The van der Waals surface area contributed by atoms with Crippen LogP contribution in [0.1, 0.15) is 5.76 Å². The van der Waals surface area contributed by atoms with Crippen molar-refractivity contribution in [2.45, 2.75) is 0 Å². The van der Waals surface area contributed by atoms with Gasteiger partial charge in [-0.2, -0.15) is 10.1 Å². The Kier molecular flexibility index (Phi) is 5.06. The Morgan fingerprint density at radius 2 is 1.93 bits per heavy atom. The summed E-state index contributed by atoms with van der Waals surface area (Å²) >= 11 is 0. The topological polar surface area (TPSA) is 75.8 Å². The first-order chi connectivity index (χ1) is 13.3. The third-order valence-corrected chi connectivity index (χ3v) is 4.08. The van der Waals surface area contributed by atoms with Gasteiger partial charge in [0.15, 0.2) is 11.6 Å². The van der Waals surface area contributed by atoms with Crippen molar-refractivity contribution in [3.8, 4) is 11.3 Å². The van der Waals surface area contributed by atoms with E-state index in [9.17, 15) is 4.39 Å². The molecular formula is C19H18FN5O2. The van der Waals surface area contributed by atoms with Crippen molar-refractivity contribution in [2.24, 2.45) is 5.10 Å². The third kappa shape index (κ3) is 4.12. The van der Waals surface area contributed by atoms with Crippen molar-refractivity contribution in [1.82, 2.24) is 9.97 Å². The minimum atomic E-state index is -0.468. The van der Waals surface area contributed by atoms with E-state index in [2.05, 4.69) is 20.5 Å². The molecule has 27 heavy (non-hydrogen) atoms. The quantitative estimate of drug-likeness (QED) is 0.551. The van der Waals surface area contributed by atoms with Gasteiger partial charge in [0.1, 0.15) is 11.5 Å². The summed E-state index contributed by atoms with van der Waals surface area (Å²) in [5.74, 6) is 1.32. The molecule has 1 aliphatic rings. The predicted molar refractivity (Wildman–Crippen MR) is 100 cm³/mol. The molecule has 1 fully saturated rings. The lowest BCUT2D eigenvalue weighted by atomic mass is 10.2. The zero-order valence-corrected chi connectivity index (χ0v) is 14.5. The fraction of sp³-hybridized carbons (Fsp3) is 0.211. The average Bonchev–Trinajstić information content (AvgIpc) is 3.19. The van der Waals surface area contributed by atoms with Crippen LogP contribution in [0, 0.1) is 5.82 Å². The summed E-state index contributed by atoms with van der Waals surface area (Å²) < 4.78 is 25.0. The summed E-state index contributed by atoms with van der Waals surface area (Å²) in [5, 5.41) is 4.08. The highest BCUT2D eigenvalue weighted by atomic mass is 19.1. The van der Waals surface area contributed by atoms with E-state index in [1.165, 1.54) is 6.21 Å². The Balaban J connectivity index is 1.43. The maximum Gasteiger partial charge on any atom is 0.245 e. The van der Waals surface area contributed by atoms with Crippen molar-refractivity contribution < 1.29 is 13.5 Å². The molecule has 3 heterocycles. The van der Waals surface area contributed by atoms with E-state index in [0.29, 0.717) is 32.1 Å². The molecular weight excluding hydrogens is 349 g/mol. The van der Waals surface area contributed by atoms with Gasteiger partial charge in [0.05, 0.1) is 25.6 Å². The Labute approximate surface area is 155 Å². The Bertz CT molecular complexity index is 923. The van der Waals surface area contributed by atoms with Crippen molar-refractivity contribution in [3.05, 3.63) is 60.2 Å². The number of halogens is 1. The number of morpholine rings is 1. The fourth-order valence-corrected chi connectivity index (χ4v) is 2.74. The van der Waals surface area contributed by atoms with Gasteiger partial charge in [-0.1, -0.05) is 30.3 Å². The van der Waals surface area contributed by atoms with Crippen molar-refractivity contribution in [2.75, 3.05) is 36.6 Å². The van der Waals surface area contributed by atoms with Gasteiger partial charge in [0, 0.05) is 18.7 Å². The monoisotopic (exact) mass is 367 g/mol. The number of nitrogens with one attached hydrogen (secondary N) is 1. The lowest BCUT2D eigenvalue weighted by Gasteiger charge is -2.27. The van der Waals surface area contributed by atoms with Gasteiger partial charge in [-0.3, -0.25) is 0 Å². The molecule has 0 bridgehead atoms. The van der Waals surface area contributed by atoms with E-state index < -0.39 is 5.82 Å². The molecule has 7 nitrogen and oxygen atoms in total. The number of rotatable bonds is 5. The first kappa shape index (κ1) is 17.2. The number of hydrogen-bond donors (Lipinski definition) is 1. The maximum absolute atomic E-state index is 14.0. The number of benzene rings is 1. The van der Waals surface area contributed by atoms with Gasteiger partial charge in [0.25, 0.3) is 0 Å². The van der Waals surface area contributed by atoms with Gasteiger partial charge >= 0.3 is 0 Å². The highest BCUT2D eigenvalue weighted by Crippen LogP contribution is 2.21. The van der Waals surface area contributed by atoms with Gasteiger partial charge in [0.2, 0.25) is 5.95 Å². The molecule has 3 aromatic rings. The molecule has 4 rings (SSSR count). The van der Waals surface area contributed by atoms with Crippen molar-refractivity contribution in [3.63, 3.8) is 0 Å². The molecule has 0 unspecified atom stereocenters. The van der Waals surface area contributed by atoms with Crippen LogP contribution in [0.5, 0.6) is 0 Å². The molecule has 138 valence electrons. The number of aromatic nitrogens is 2. The second kappa shape index (κ2) is 7.96. The van der Waals surface area contributed by atoms with E-state index >= 15 is 0 Å². The summed E-state index contributed by atoms with van der Waals surface area (Å²) in [7, 11) is 0. The first-order valence-electron chi connectivity index (χ1n) is 8.59. The van der Waals surface area contributed by atoms with E-state index in [4.69, 9.17) is 9.15 Å². The van der Waals surface area contributed by atoms with Crippen LogP contribution in [-0.2, 0) is 4.74 Å². The van der Waals surface area contributed by atoms with Crippen molar-refractivity contribution in [1.29, 1.82) is 0 Å². The zero-order chi connectivity index (χ0) is 18.5. The molecule has 0 saturated carbocycles. The number of hydrogen-bond acceptors (Lipinski definition) is 7. The van der Waals surface area contributed by atoms with Crippen LogP contribution in [0.4, 0.5) is 16.2 Å². The van der Waals surface area contributed by atoms with Gasteiger partial charge in [-0.05, 0) is 12.1 Å². The SMILES string of the molecule is Fc1cnc(N/N=C\c2ccc(-c3ccccc3)o2)nc1N1CCOCC1. The Morgan fingerprint density at radius 1 is 1.11 bits per heavy atom. The molecule has 8 heteroatoms. The second-order valence-electron chi connectivity index (χ2n) is 5.90. The minimum Gasteiger partial charge on any atom is -0.455 e. The van der Waals surface area contributed by atoms with Gasteiger partial charge in [-0.25, -0.2) is 14.8 Å². The van der Waals surface area contributed by atoms with Crippen LogP contribution in [-0.4, -0.2) is 42.5 Å². The fourth-order valence-electron chi connectivity index (χ4n) is 2.74. The predicted octanol–water partition coefficient (Wildman–Crippen LogP) is 3.16.